The molecule has 0 aromatic carbocycles. The summed E-state index contributed by atoms with van der Waals surface area (Å²) in [4.78, 5) is 2.42. The predicted octanol–water partition coefficient (Wildman–Crippen LogP) is 0.703. The fourth-order valence-electron chi connectivity index (χ4n) is 2.60. The highest BCUT2D eigenvalue weighted by Crippen LogP contribution is 2.21. The van der Waals surface area contributed by atoms with Crippen molar-refractivity contribution in [2.75, 3.05) is 19.3 Å². The van der Waals surface area contributed by atoms with Gasteiger partial charge in [-0.25, -0.2) is 13.1 Å². The number of piperidine rings is 1. The van der Waals surface area contributed by atoms with E-state index in [1.807, 2.05) is 6.07 Å². The number of nitrogens with zero attached hydrogens (tertiary/aromatic N) is 2. The van der Waals surface area contributed by atoms with Crippen molar-refractivity contribution in [3.05, 3.63) is 18.0 Å². The molecule has 1 aromatic heterocycles. The average Bonchev–Trinajstić information content (AvgIpc) is 2.82. The third kappa shape index (κ3) is 4.93. The van der Waals surface area contributed by atoms with Crippen molar-refractivity contribution in [2.24, 2.45) is 0 Å². The van der Waals surface area contributed by atoms with Crippen molar-refractivity contribution in [3.63, 3.8) is 0 Å². The Balaban J connectivity index is 1.85. The van der Waals surface area contributed by atoms with Crippen LogP contribution in [0.15, 0.2) is 12.3 Å². The lowest BCUT2D eigenvalue weighted by atomic mass is 9.99. The summed E-state index contributed by atoms with van der Waals surface area (Å²) in [7, 11) is -3.08. The molecular formula is C12H22N4O2S. The Kier molecular flexibility index (Phi) is 4.95. The molecule has 0 spiro atoms. The van der Waals surface area contributed by atoms with Crippen molar-refractivity contribution in [3.8, 4) is 0 Å². The summed E-state index contributed by atoms with van der Waals surface area (Å²) in [5.41, 5.74) is 1.11. The molecule has 1 aromatic rings. The van der Waals surface area contributed by atoms with E-state index in [4.69, 9.17) is 0 Å². The number of sulfonamides is 1. The monoisotopic (exact) mass is 286 g/mol. The smallest absolute Gasteiger partial charge is 0.208 e. The molecule has 0 amide bonds. The van der Waals surface area contributed by atoms with E-state index in [-0.39, 0.29) is 0 Å². The summed E-state index contributed by atoms with van der Waals surface area (Å²) >= 11 is 0. The lowest BCUT2D eigenvalue weighted by molar-refractivity contribution is 0.131. The van der Waals surface area contributed by atoms with Crippen LogP contribution in [0.1, 0.15) is 31.4 Å². The van der Waals surface area contributed by atoms with E-state index in [2.05, 4.69) is 19.8 Å². The summed E-state index contributed by atoms with van der Waals surface area (Å²) in [6.07, 6.45) is 7.41. The highest BCUT2D eigenvalue weighted by Gasteiger charge is 2.22. The van der Waals surface area contributed by atoms with Crippen molar-refractivity contribution in [1.29, 1.82) is 0 Å². The maximum Gasteiger partial charge on any atom is 0.208 e. The van der Waals surface area contributed by atoms with Crippen LogP contribution in [-0.2, 0) is 16.6 Å². The van der Waals surface area contributed by atoms with Gasteiger partial charge < -0.3 is 0 Å². The fraction of sp³-hybridized carbons (Fsp3) is 0.750. The van der Waals surface area contributed by atoms with Gasteiger partial charge in [0, 0.05) is 31.0 Å². The van der Waals surface area contributed by atoms with Gasteiger partial charge in [-0.15, -0.1) is 0 Å². The van der Waals surface area contributed by atoms with Crippen LogP contribution < -0.4 is 4.72 Å². The van der Waals surface area contributed by atoms with E-state index in [1.54, 1.807) is 6.20 Å². The van der Waals surface area contributed by atoms with Crippen molar-refractivity contribution >= 4 is 10.0 Å². The molecule has 1 atom stereocenters. The van der Waals surface area contributed by atoms with E-state index in [9.17, 15) is 8.42 Å². The zero-order valence-corrected chi connectivity index (χ0v) is 12.1. The molecule has 1 fully saturated rings. The van der Waals surface area contributed by atoms with Gasteiger partial charge in [-0.05, 0) is 31.9 Å². The van der Waals surface area contributed by atoms with E-state index in [1.165, 1.54) is 19.1 Å². The third-order valence-corrected chi connectivity index (χ3v) is 4.25. The Labute approximate surface area is 114 Å². The van der Waals surface area contributed by atoms with Crippen LogP contribution in [0.25, 0.3) is 0 Å². The normalized spacial score (nSPS) is 21.6. The zero-order valence-electron chi connectivity index (χ0n) is 11.3. The van der Waals surface area contributed by atoms with Crippen molar-refractivity contribution in [1.82, 2.24) is 19.8 Å². The average molecular weight is 286 g/mol. The number of rotatable bonds is 6. The van der Waals surface area contributed by atoms with Gasteiger partial charge in [0.1, 0.15) is 0 Å². The van der Waals surface area contributed by atoms with Gasteiger partial charge in [-0.1, -0.05) is 6.42 Å². The first kappa shape index (κ1) is 14.5. The highest BCUT2D eigenvalue weighted by atomic mass is 32.2. The Hall–Kier alpha value is -0.920. The molecule has 0 aliphatic carbocycles. The first-order valence-electron chi connectivity index (χ1n) is 6.71. The molecule has 108 valence electrons. The van der Waals surface area contributed by atoms with Gasteiger partial charge in [0.05, 0.1) is 6.26 Å². The molecular weight excluding hydrogens is 264 g/mol. The Bertz CT molecular complexity index is 472. The van der Waals surface area contributed by atoms with E-state index >= 15 is 0 Å². The quantitative estimate of drug-likeness (QED) is 0.807. The van der Waals surface area contributed by atoms with Crippen LogP contribution in [0.2, 0.25) is 0 Å². The molecule has 1 aliphatic rings. The number of H-pyrrole nitrogens is 1. The number of aromatic nitrogens is 2. The second-order valence-electron chi connectivity index (χ2n) is 5.16. The molecule has 1 aliphatic heterocycles. The molecule has 2 rings (SSSR count). The minimum atomic E-state index is -3.08. The highest BCUT2D eigenvalue weighted by molar-refractivity contribution is 7.88. The zero-order chi connectivity index (χ0) is 13.7. The van der Waals surface area contributed by atoms with Crippen LogP contribution >= 0.6 is 0 Å². The SMILES string of the molecule is CS(=O)(=O)NCCC1CCCCN1Cc1ccn[nH]1. The van der Waals surface area contributed by atoms with E-state index in [0.29, 0.717) is 12.6 Å². The standard InChI is InChI=1S/C12H22N4O2S/c1-19(17,18)14-8-6-12-4-2-3-9-16(12)10-11-5-7-13-15-11/h5,7,12,14H,2-4,6,8-10H2,1H3,(H,13,15). The number of aromatic amines is 1. The molecule has 1 unspecified atom stereocenters. The van der Waals surface area contributed by atoms with Crippen LogP contribution in [0, 0.1) is 0 Å². The minimum Gasteiger partial charge on any atom is -0.295 e. The summed E-state index contributed by atoms with van der Waals surface area (Å²) in [5.74, 6) is 0. The van der Waals surface area contributed by atoms with E-state index < -0.39 is 10.0 Å². The first-order valence-corrected chi connectivity index (χ1v) is 8.61. The van der Waals surface area contributed by atoms with E-state index in [0.717, 1.165) is 31.6 Å². The molecule has 0 radical (unpaired) electrons. The second kappa shape index (κ2) is 6.49. The van der Waals surface area contributed by atoms with Crippen LogP contribution in [0.4, 0.5) is 0 Å². The van der Waals surface area contributed by atoms with Crippen molar-refractivity contribution in [2.45, 2.75) is 38.3 Å². The number of nitrogens with one attached hydrogen (secondary N) is 2. The Morgan fingerprint density at radius 3 is 3.05 bits per heavy atom. The summed E-state index contributed by atoms with van der Waals surface area (Å²) < 4.78 is 24.7. The Morgan fingerprint density at radius 1 is 1.53 bits per heavy atom. The van der Waals surface area contributed by atoms with Crippen LogP contribution in [0.5, 0.6) is 0 Å². The van der Waals surface area contributed by atoms with Crippen molar-refractivity contribution < 1.29 is 8.42 Å². The molecule has 7 heteroatoms. The fourth-order valence-corrected chi connectivity index (χ4v) is 3.09. The molecule has 0 bridgehead atoms. The lowest BCUT2D eigenvalue weighted by Gasteiger charge is -2.35. The second-order valence-corrected chi connectivity index (χ2v) is 6.99. The molecule has 6 nitrogen and oxygen atoms in total. The molecule has 1 saturated heterocycles. The molecule has 19 heavy (non-hydrogen) atoms. The summed E-state index contributed by atoms with van der Waals surface area (Å²) in [5, 5.41) is 6.95. The van der Waals surface area contributed by atoms with Crippen LogP contribution in [-0.4, -0.2) is 48.9 Å². The number of hydrogen-bond donors (Lipinski definition) is 2. The minimum absolute atomic E-state index is 0.450. The summed E-state index contributed by atoms with van der Waals surface area (Å²) in [6.45, 7) is 2.45. The van der Waals surface area contributed by atoms with Gasteiger partial charge in [-0.2, -0.15) is 5.10 Å². The number of hydrogen-bond acceptors (Lipinski definition) is 4. The third-order valence-electron chi connectivity index (χ3n) is 3.52. The number of likely N-dealkylation sites (tertiary alicyclic amines) is 1. The predicted molar refractivity (Wildman–Crippen MR) is 74.1 cm³/mol. The molecule has 2 N–H and O–H groups in total. The molecule has 2 heterocycles. The lowest BCUT2D eigenvalue weighted by Crippen LogP contribution is -2.41. The maximum absolute atomic E-state index is 11.1. The first-order chi connectivity index (χ1) is 9.04. The van der Waals surface area contributed by atoms with Gasteiger partial charge in [-0.3, -0.25) is 10.00 Å². The van der Waals surface area contributed by atoms with Gasteiger partial charge in [0.15, 0.2) is 0 Å². The van der Waals surface area contributed by atoms with Gasteiger partial charge in [0.2, 0.25) is 10.0 Å². The maximum atomic E-state index is 11.1. The largest absolute Gasteiger partial charge is 0.295 e. The molecule has 0 saturated carbocycles. The topological polar surface area (TPSA) is 78.1 Å². The van der Waals surface area contributed by atoms with Gasteiger partial charge >= 0.3 is 0 Å². The summed E-state index contributed by atoms with van der Waals surface area (Å²) in [6, 6.07) is 2.44. The van der Waals surface area contributed by atoms with Gasteiger partial charge in [0.25, 0.3) is 0 Å². The Morgan fingerprint density at radius 2 is 2.37 bits per heavy atom. The van der Waals surface area contributed by atoms with Crippen LogP contribution in [0.3, 0.4) is 0 Å².